The minimum Gasteiger partial charge on any atom is -0.206 e. The molecule has 0 heterocycles. The van der Waals surface area contributed by atoms with E-state index >= 15 is 0 Å². The molecule has 0 N–H and O–H groups in total. The third kappa shape index (κ3) is 4.60. The molecule has 3 aromatic carbocycles. The number of fused-ring (bicyclic) bond motifs is 1. The van der Waals surface area contributed by atoms with Crippen molar-refractivity contribution >= 4 is 10.8 Å². The Kier molecular flexibility index (Phi) is 6.70. The fraction of sp³-hybridized carbons (Fsp3) is 0.321. The van der Waals surface area contributed by atoms with Gasteiger partial charge in [-0.15, -0.1) is 0 Å². The van der Waals surface area contributed by atoms with Crippen molar-refractivity contribution in [2.24, 2.45) is 5.92 Å². The highest BCUT2D eigenvalue weighted by molar-refractivity contribution is 5.90. The highest BCUT2D eigenvalue weighted by atomic mass is 19.1. The van der Waals surface area contributed by atoms with Crippen molar-refractivity contribution in [2.45, 2.75) is 51.4 Å². The zero-order valence-electron chi connectivity index (χ0n) is 18.3. The van der Waals surface area contributed by atoms with Crippen LogP contribution in [0.3, 0.4) is 0 Å². The summed E-state index contributed by atoms with van der Waals surface area (Å²) in [6.07, 6.45) is 6.35. The summed E-state index contributed by atoms with van der Waals surface area (Å²) in [7, 11) is 0. The number of rotatable bonds is 3. The second-order valence-corrected chi connectivity index (χ2v) is 8.68. The van der Waals surface area contributed by atoms with Gasteiger partial charge in [0.15, 0.2) is 5.82 Å². The zero-order chi connectivity index (χ0) is 23.5. The molecule has 0 atom stereocenters. The van der Waals surface area contributed by atoms with Crippen LogP contribution in [0, 0.1) is 52.4 Å². The van der Waals surface area contributed by atoms with Gasteiger partial charge in [0.25, 0.3) is 0 Å². The number of nitriles is 1. The summed E-state index contributed by atoms with van der Waals surface area (Å²) in [5.41, 5.74) is -0.176. The molecule has 0 saturated heterocycles. The van der Waals surface area contributed by atoms with E-state index in [4.69, 9.17) is 5.26 Å². The Morgan fingerprint density at radius 3 is 2.15 bits per heavy atom. The number of benzene rings is 3. The molecule has 0 unspecified atom stereocenters. The lowest BCUT2D eigenvalue weighted by Gasteiger charge is -2.28. The van der Waals surface area contributed by atoms with Crippen molar-refractivity contribution in [3.8, 4) is 17.9 Å². The third-order valence-electron chi connectivity index (χ3n) is 6.59. The van der Waals surface area contributed by atoms with E-state index in [1.54, 1.807) is 0 Å². The number of halogens is 4. The van der Waals surface area contributed by atoms with E-state index in [0.29, 0.717) is 11.5 Å². The molecule has 0 amide bonds. The molecule has 1 fully saturated rings. The van der Waals surface area contributed by atoms with E-state index in [1.165, 1.54) is 42.8 Å². The van der Waals surface area contributed by atoms with Gasteiger partial charge in [0.2, 0.25) is 0 Å². The predicted molar refractivity (Wildman–Crippen MR) is 121 cm³/mol. The molecule has 4 rings (SSSR count). The van der Waals surface area contributed by atoms with Crippen LogP contribution in [-0.4, -0.2) is 0 Å². The molecule has 1 nitrogen and oxygen atoms in total. The van der Waals surface area contributed by atoms with Gasteiger partial charge in [-0.05, 0) is 67.3 Å². The smallest absolute Gasteiger partial charge is 0.151 e. The normalized spacial score (nSPS) is 17.9. The maximum atomic E-state index is 14.8. The molecule has 1 aliphatic rings. The summed E-state index contributed by atoms with van der Waals surface area (Å²) in [5.74, 6) is 2.53. The SMILES string of the molecule is CCCC1CCC(c2cc(F)c(C#Cc3cccc4c(F)c(C#N)c(F)cc34)c(F)c2)CC1. The standard InChI is InChI=1S/C28H23F4N/c1-2-4-17-7-9-18(10-8-17)20-13-25(29)22(26(30)14-20)12-11-19-5-3-6-21-23(19)15-27(31)24(16-33)28(21)32/h3,5-6,13-15,17-18H,2,4,7-10H2,1H3. The maximum Gasteiger partial charge on any atom is 0.151 e. The second kappa shape index (κ2) is 9.67. The van der Waals surface area contributed by atoms with Crippen LogP contribution in [0.4, 0.5) is 17.6 Å². The van der Waals surface area contributed by atoms with Crippen LogP contribution in [0.25, 0.3) is 10.8 Å². The Balaban J connectivity index is 1.65. The number of nitrogens with zero attached hydrogens (tertiary/aromatic N) is 1. The van der Waals surface area contributed by atoms with E-state index in [0.717, 1.165) is 38.2 Å². The van der Waals surface area contributed by atoms with Crippen LogP contribution >= 0.6 is 0 Å². The van der Waals surface area contributed by atoms with Gasteiger partial charge in [0.05, 0.1) is 5.56 Å². The van der Waals surface area contributed by atoms with E-state index in [1.807, 2.05) is 0 Å². The lowest BCUT2D eigenvalue weighted by molar-refractivity contribution is 0.307. The fourth-order valence-electron chi connectivity index (χ4n) is 4.83. The Labute approximate surface area is 191 Å². The van der Waals surface area contributed by atoms with E-state index in [9.17, 15) is 17.6 Å². The Hall–Kier alpha value is -3.31. The summed E-state index contributed by atoms with van der Waals surface area (Å²) in [6.45, 7) is 2.17. The molecule has 1 saturated carbocycles. The average molecular weight is 449 g/mol. The first-order chi connectivity index (χ1) is 15.9. The van der Waals surface area contributed by atoms with Crippen LogP contribution in [0.5, 0.6) is 0 Å². The Morgan fingerprint density at radius 2 is 1.52 bits per heavy atom. The molecular weight excluding hydrogens is 426 g/mol. The van der Waals surface area contributed by atoms with Gasteiger partial charge < -0.3 is 0 Å². The molecule has 1 aliphatic carbocycles. The van der Waals surface area contributed by atoms with Crippen LogP contribution in [-0.2, 0) is 0 Å². The lowest BCUT2D eigenvalue weighted by atomic mass is 9.77. The van der Waals surface area contributed by atoms with Crippen LogP contribution in [0.2, 0.25) is 0 Å². The van der Waals surface area contributed by atoms with Crippen molar-refractivity contribution in [3.63, 3.8) is 0 Å². The van der Waals surface area contributed by atoms with Crippen molar-refractivity contribution in [2.75, 3.05) is 0 Å². The highest BCUT2D eigenvalue weighted by Crippen LogP contribution is 2.38. The zero-order valence-corrected chi connectivity index (χ0v) is 18.3. The first-order valence-corrected chi connectivity index (χ1v) is 11.2. The highest BCUT2D eigenvalue weighted by Gasteiger charge is 2.23. The first-order valence-electron chi connectivity index (χ1n) is 11.2. The number of hydrogen-bond donors (Lipinski definition) is 0. The predicted octanol–water partition coefficient (Wildman–Crippen LogP) is 7.74. The van der Waals surface area contributed by atoms with Crippen molar-refractivity contribution in [3.05, 3.63) is 81.9 Å². The monoisotopic (exact) mass is 449 g/mol. The van der Waals surface area contributed by atoms with Gasteiger partial charge >= 0.3 is 0 Å². The lowest BCUT2D eigenvalue weighted by Crippen LogP contribution is -2.13. The Morgan fingerprint density at radius 1 is 0.848 bits per heavy atom. The van der Waals surface area contributed by atoms with Crippen LogP contribution < -0.4 is 0 Å². The Bertz CT molecular complexity index is 1280. The average Bonchev–Trinajstić information content (AvgIpc) is 2.80. The van der Waals surface area contributed by atoms with E-state index < -0.39 is 28.8 Å². The van der Waals surface area contributed by atoms with Gasteiger partial charge in [0, 0.05) is 16.3 Å². The summed E-state index contributed by atoms with van der Waals surface area (Å²) < 4.78 is 58.2. The van der Waals surface area contributed by atoms with Gasteiger partial charge in [0.1, 0.15) is 29.1 Å². The molecule has 0 radical (unpaired) electrons. The minimum atomic E-state index is -1.01. The molecule has 0 bridgehead atoms. The van der Waals surface area contributed by atoms with Gasteiger partial charge in [-0.1, -0.05) is 43.7 Å². The molecule has 0 spiro atoms. The van der Waals surface area contributed by atoms with E-state index in [2.05, 4.69) is 18.8 Å². The van der Waals surface area contributed by atoms with Gasteiger partial charge in [-0.3, -0.25) is 0 Å². The van der Waals surface area contributed by atoms with Gasteiger partial charge in [-0.25, -0.2) is 17.6 Å². The molecule has 5 heteroatoms. The summed E-state index contributed by atoms with van der Waals surface area (Å²) in [4.78, 5) is 0. The molecule has 33 heavy (non-hydrogen) atoms. The second-order valence-electron chi connectivity index (χ2n) is 8.68. The quantitative estimate of drug-likeness (QED) is 0.296. The van der Waals surface area contributed by atoms with Crippen molar-refractivity contribution < 1.29 is 17.6 Å². The topological polar surface area (TPSA) is 23.8 Å². The molecule has 3 aromatic rings. The van der Waals surface area contributed by atoms with Crippen molar-refractivity contribution in [1.29, 1.82) is 5.26 Å². The minimum absolute atomic E-state index is 0.0229. The van der Waals surface area contributed by atoms with Gasteiger partial charge in [-0.2, -0.15) is 5.26 Å². The third-order valence-corrected chi connectivity index (χ3v) is 6.59. The number of hydrogen-bond acceptors (Lipinski definition) is 1. The van der Waals surface area contributed by atoms with Crippen LogP contribution in [0.1, 0.15) is 73.6 Å². The molecule has 0 aromatic heterocycles. The fourth-order valence-corrected chi connectivity index (χ4v) is 4.83. The molecule has 168 valence electrons. The largest absolute Gasteiger partial charge is 0.206 e. The summed E-state index contributed by atoms with van der Waals surface area (Å²) >= 11 is 0. The van der Waals surface area contributed by atoms with Crippen molar-refractivity contribution in [1.82, 2.24) is 0 Å². The van der Waals surface area contributed by atoms with E-state index in [-0.39, 0.29) is 27.8 Å². The van der Waals surface area contributed by atoms with Crippen LogP contribution in [0.15, 0.2) is 36.4 Å². The summed E-state index contributed by atoms with van der Waals surface area (Å²) in [5, 5.41) is 9.12. The summed E-state index contributed by atoms with van der Waals surface area (Å²) in [6, 6.07) is 9.66. The first kappa shape index (κ1) is 22.9. The molecule has 0 aliphatic heterocycles. The molecular formula is C28H23F4N. The maximum absolute atomic E-state index is 14.8.